The molecule has 3 rings (SSSR count). The van der Waals surface area contributed by atoms with Crippen molar-refractivity contribution < 1.29 is 14.1 Å². The number of rotatable bonds is 3. The van der Waals surface area contributed by atoms with Crippen molar-refractivity contribution in [2.75, 3.05) is 32.7 Å². The monoisotopic (exact) mass is 376 g/mol. The summed E-state index contributed by atoms with van der Waals surface area (Å²) < 4.78 is 5.25. The molecule has 27 heavy (non-hydrogen) atoms. The number of aromatic nitrogens is 1. The van der Waals surface area contributed by atoms with E-state index in [4.69, 9.17) is 4.52 Å². The molecule has 0 saturated carbocycles. The summed E-state index contributed by atoms with van der Waals surface area (Å²) in [5.74, 6) is 1.06. The van der Waals surface area contributed by atoms with Gasteiger partial charge in [0.1, 0.15) is 11.8 Å². The van der Waals surface area contributed by atoms with E-state index in [1.54, 1.807) is 4.90 Å². The number of carbonyl (C=O) groups is 2. The van der Waals surface area contributed by atoms with Crippen LogP contribution >= 0.6 is 0 Å². The van der Waals surface area contributed by atoms with E-state index in [0.29, 0.717) is 19.6 Å². The van der Waals surface area contributed by atoms with Gasteiger partial charge in [-0.15, -0.1) is 0 Å². The van der Waals surface area contributed by atoms with Crippen molar-refractivity contribution in [3.63, 3.8) is 0 Å². The van der Waals surface area contributed by atoms with Gasteiger partial charge in [0.05, 0.1) is 5.69 Å². The van der Waals surface area contributed by atoms with Crippen LogP contribution in [0.25, 0.3) is 0 Å². The van der Waals surface area contributed by atoms with Crippen LogP contribution in [0.4, 0.5) is 0 Å². The van der Waals surface area contributed by atoms with Crippen LogP contribution in [-0.2, 0) is 16.1 Å². The van der Waals surface area contributed by atoms with Crippen LogP contribution in [0, 0.1) is 19.3 Å². The Balaban J connectivity index is 1.57. The lowest BCUT2D eigenvalue weighted by Gasteiger charge is -2.38. The number of nitrogens with zero attached hydrogens (tertiary/aromatic N) is 4. The first kappa shape index (κ1) is 19.9. The molecule has 3 heterocycles. The summed E-state index contributed by atoms with van der Waals surface area (Å²) in [6.07, 6.45) is 1.68. The van der Waals surface area contributed by atoms with Gasteiger partial charge in [-0.25, -0.2) is 0 Å². The van der Waals surface area contributed by atoms with E-state index in [9.17, 15) is 9.59 Å². The van der Waals surface area contributed by atoms with Crippen LogP contribution < -0.4 is 0 Å². The van der Waals surface area contributed by atoms with Crippen LogP contribution in [0.2, 0.25) is 0 Å². The molecular weight excluding hydrogens is 344 g/mol. The van der Waals surface area contributed by atoms with Crippen molar-refractivity contribution in [3.8, 4) is 0 Å². The first-order chi connectivity index (χ1) is 12.7. The highest BCUT2D eigenvalue weighted by atomic mass is 16.5. The summed E-state index contributed by atoms with van der Waals surface area (Å²) in [6, 6.07) is -0.286. The molecule has 150 valence electrons. The largest absolute Gasteiger partial charge is 0.361 e. The van der Waals surface area contributed by atoms with E-state index in [1.165, 1.54) is 0 Å². The molecule has 7 heteroatoms. The molecule has 0 N–H and O–H groups in total. The average molecular weight is 377 g/mol. The molecule has 1 aromatic rings. The SMILES string of the molecule is Cc1noc(C)c1CN1CCN(C(=O)C2CCCN2C(=O)C(C)(C)C)CC1. The first-order valence-corrected chi connectivity index (χ1v) is 9.92. The Bertz CT molecular complexity index is 679. The molecule has 2 amide bonds. The fraction of sp³-hybridized carbons (Fsp3) is 0.750. The number of aryl methyl sites for hydroxylation is 2. The van der Waals surface area contributed by atoms with Crippen LogP contribution in [0.15, 0.2) is 4.52 Å². The summed E-state index contributed by atoms with van der Waals surface area (Å²) in [6.45, 7) is 14.2. The number of likely N-dealkylation sites (tertiary alicyclic amines) is 1. The van der Waals surface area contributed by atoms with E-state index in [-0.39, 0.29) is 17.9 Å². The topological polar surface area (TPSA) is 69.9 Å². The zero-order valence-corrected chi connectivity index (χ0v) is 17.2. The van der Waals surface area contributed by atoms with E-state index in [0.717, 1.165) is 49.5 Å². The third kappa shape index (κ3) is 4.18. The third-order valence-corrected chi connectivity index (χ3v) is 5.69. The van der Waals surface area contributed by atoms with Crippen LogP contribution in [-0.4, -0.2) is 70.4 Å². The second-order valence-electron chi connectivity index (χ2n) is 8.81. The van der Waals surface area contributed by atoms with Crippen LogP contribution in [0.5, 0.6) is 0 Å². The number of hydrogen-bond donors (Lipinski definition) is 0. The van der Waals surface area contributed by atoms with Gasteiger partial charge in [-0.2, -0.15) is 0 Å². The normalized spacial score (nSPS) is 21.7. The molecule has 0 aromatic carbocycles. The molecule has 0 bridgehead atoms. The summed E-state index contributed by atoms with van der Waals surface area (Å²) in [7, 11) is 0. The maximum Gasteiger partial charge on any atom is 0.245 e. The van der Waals surface area contributed by atoms with Crippen LogP contribution in [0.3, 0.4) is 0 Å². The highest BCUT2D eigenvalue weighted by Crippen LogP contribution is 2.27. The van der Waals surface area contributed by atoms with Gasteiger partial charge in [0.2, 0.25) is 11.8 Å². The highest BCUT2D eigenvalue weighted by Gasteiger charge is 2.40. The Morgan fingerprint density at radius 2 is 1.78 bits per heavy atom. The van der Waals surface area contributed by atoms with Gasteiger partial charge < -0.3 is 14.3 Å². The lowest BCUT2D eigenvalue weighted by molar-refractivity contribution is -0.149. The number of hydrogen-bond acceptors (Lipinski definition) is 5. The summed E-state index contributed by atoms with van der Waals surface area (Å²) in [4.78, 5) is 31.8. The molecule has 1 unspecified atom stereocenters. The second kappa shape index (κ2) is 7.62. The predicted molar refractivity (Wildman–Crippen MR) is 102 cm³/mol. The standard InChI is InChI=1S/C20H32N4O3/c1-14-16(15(2)27-21-14)13-22-9-11-23(12-10-22)18(25)17-7-6-8-24(17)19(26)20(3,4)5/h17H,6-13H2,1-5H3. The molecule has 2 aliphatic heterocycles. The molecule has 2 saturated heterocycles. The van der Waals surface area contributed by atoms with Crippen molar-refractivity contribution in [1.82, 2.24) is 19.9 Å². The molecule has 2 fully saturated rings. The Kier molecular flexibility index (Phi) is 5.60. The molecule has 0 aliphatic carbocycles. The summed E-state index contributed by atoms with van der Waals surface area (Å²) in [5, 5.41) is 4.02. The van der Waals surface area contributed by atoms with Gasteiger partial charge in [-0.05, 0) is 26.7 Å². The van der Waals surface area contributed by atoms with Crippen molar-refractivity contribution in [2.45, 2.75) is 60.0 Å². The Morgan fingerprint density at radius 3 is 2.33 bits per heavy atom. The molecule has 2 aliphatic rings. The maximum absolute atomic E-state index is 13.1. The van der Waals surface area contributed by atoms with Crippen LogP contribution in [0.1, 0.15) is 50.6 Å². The van der Waals surface area contributed by atoms with E-state index >= 15 is 0 Å². The molecule has 7 nitrogen and oxygen atoms in total. The lowest BCUT2D eigenvalue weighted by Crippen LogP contribution is -2.55. The molecule has 1 aromatic heterocycles. The average Bonchev–Trinajstić information content (AvgIpc) is 3.22. The first-order valence-electron chi connectivity index (χ1n) is 9.92. The predicted octanol–water partition coefficient (Wildman–Crippen LogP) is 1.97. The minimum Gasteiger partial charge on any atom is -0.361 e. The number of amides is 2. The van der Waals surface area contributed by atoms with Gasteiger partial charge in [-0.1, -0.05) is 25.9 Å². The van der Waals surface area contributed by atoms with Gasteiger partial charge in [0, 0.05) is 50.2 Å². The molecule has 0 spiro atoms. The highest BCUT2D eigenvalue weighted by molar-refractivity contribution is 5.90. The third-order valence-electron chi connectivity index (χ3n) is 5.69. The zero-order chi connectivity index (χ0) is 19.8. The Hall–Kier alpha value is -1.89. The molecule has 0 radical (unpaired) electrons. The summed E-state index contributed by atoms with van der Waals surface area (Å²) >= 11 is 0. The van der Waals surface area contributed by atoms with E-state index in [2.05, 4.69) is 10.1 Å². The number of piperazine rings is 1. The van der Waals surface area contributed by atoms with Gasteiger partial charge >= 0.3 is 0 Å². The van der Waals surface area contributed by atoms with Gasteiger partial charge in [0.25, 0.3) is 0 Å². The quantitative estimate of drug-likeness (QED) is 0.807. The van der Waals surface area contributed by atoms with E-state index in [1.807, 2.05) is 39.5 Å². The van der Waals surface area contributed by atoms with Gasteiger partial charge in [-0.3, -0.25) is 14.5 Å². The molecule has 1 atom stereocenters. The minimum absolute atomic E-state index is 0.0791. The fourth-order valence-corrected chi connectivity index (χ4v) is 3.99. The minimum atomic E-state index is -0.448. The fourth-order valence-electron chi connectivity index (χ4n) is 3.99. The Morgan fingerprint density at radius 1 is 1.11 bits per heavy atom. The lowest BCUT2D eigenvalue weighted by atomic mass is 9.94. The van der Waals surface area contributed by atoms with E-state index < -0.39 is 5.41 Å². The Labute approximate surface area is 161 Å². The van der Waals surface area contributed by atoms with Crippen molar-refractivity contribution in [2.24, 2.45) is 5.41 Å². The maximum atomic E-state index is 13.1. The van der Waals surface area contributed by atoms with Gasteiger partial charge in [0.15, 0.2) is 0 Å². The summed E-state index contributed by atoms with van der Waals surface area (Å²) in [5.41, 5.74) is 1.64. The number of carbonyl (C=O) groups excluding carboxylic acids is 2. The second-order valence-corrected chi connectivity index (χ2v) is 8.81. The van der Waals surface area contributed by atoms with Crippen molar-refractivity contribution in [1.29, 1.82) is 0 Å². The van der Waals surface area contributed by atoms with Crippen molar-refractivity contribution in [3.05, 3.63) is 17.0 Å². The smallest absolute Gasteiger partial charge is 0.245 e. The zero-order valence-electron chi connectivity index (χ0n) is 17.2. The van der Waals surface area contributed by atoms with Crippen molar-refractivity contribution >= 4 is 11.8 Å². The molecular formula is C20H32N4O3.